The van der Waals surface area contributed by atoms with Crippen molar-refractivity contribution in [3.8, 4) is 0 Å². The lowest BCUT2D eigenvalue weighted by molar-refractivity contribution is 0.0852. The van der Waals surface area contributed by atoms with Crippen LogP contribution in [0.15, 0.2) is 12.1 Å². The Morgan fingerprint density at radius 1 is 1.29 bits per heavy atom. The van der Waals surface area contributed by atoms with Gasteiger partial charge in [-0.2, -0.15) is 0 Å². The predicted octanol–water partition coefficient (Wildman–Crippen LogP) is 2.95. The smallest absolute Gasteiger partial charge is 0.251 e. The molecule has 1 amide bonds. The van der Waals surface area contributed by atoms with Crippen LogP contribution in [-0.2, 0) is 0 Å². The second-order valence-electron chi connectivity index (χ2n) is 6.22. The fourth-order valence-electron chi connectivity index (χ4n) is 2.85. The van der Waals surface area contributed by atoms with Gasteiger partial charge in [-0.05, 0) is 30.4 Å². The van der Waals surface area contributed by atoms with Crippen LogP contribution in [0.2, 0.25) is 0 Å². The molecule has 4 nitrogen and oxygen atoms in total. The fraction of sp³-hybridized carbons (Fsp3) is 0.533. The lowest BCUT2D eigenvalue weighted by Gasteiger charge is -2.39. The molecule has 1 fully saturated rings. The highest BCUT2D eigenvalue weighted by Gasteiger charge is 2.33. The first-order valence-electron chi connectivity index (χ1n) is 7.11. The van der Waals surface area contributed by atoms with Gasteiger partial charge < -0.3 is 10.7 Å². The van der Waals surface area contributed by atoms with Gasteiger partial charge in [0.2, 0.25) is 0 Å². The van der Waals surface area contributed by atoms with Gasteiger partial charge in [-0.25, -0.2) is 8.78 Å². The van der Waals surface area contributed by atoms with Crippen molar-refractivity contribution in [1.82, 2.24) is 5.32 Å². The largest absolute Gasteiger partial charge is 0.349 e. The standard InChI is InChI=1S/C15H21F2N3O/c1-15(2)6-4-3-5-12(15)19-14(21)9-7-10(16)13(20-18)11(17)8-9/h7-8,12,20H,3-6,18H2,1-2H3,(H,19,21). The third kappa shape index (κ3) is 3.32. The number of benzene rings is 1. The number of anilines is 1. The number of nitrogen functional groups attached to an aromatic ring is 1. The number of carbonyl (C=O) groups is 1. The third-order valence-corrected chi connectivity index (χ3v) is 4.26. The first-order valence-corrected chi connectivity index (χ1v) is 7.11. The predicted molar refractivity (Wildman–Crippen MR) is 77.7 cm³/mol. The molecule has 0 saturated heterocycles. The van der Waals surface area contributed by atoms with Gasteiger partial charge in [0.1, 0.15) is 5.69 Å². The molecule has 21 heavy (non-hydrogen) atoms. The van der Waals surface area contributed by atoms with Crippen molar-refractivity contribution in [3.63, 3.8) is 0 Å². The number of rotatable bonds is 3. The zero-order chi connectivity index (χ0) is 15.6. The maximum atomic E-state index is 13.6. The van der Waals surface area contributed by atoms with Gasteiger partial charge in [0.15, 0.2) is 11.6 Å². The molecule has 1 saturated carbocycles. The summed E-state index contributed by atoms with van der Waals surface area (Å²) in [5.74, 6) is 2.80. The second kappa shape index (κ2) is 5.97. The number of nitrogens with one attached hydrogen (secondary N) is 2. The molecule has 1 aliphatic carbocycles. The Hall–Kier alpha value is -1.69. The molecule has 0 radical (unpaired) electrons. The summed E-state index contributed by atoms with van der Waals surface area (Å²) in [6, 6.07) is 1.99. The molecule has 1 atom stereocenters. The van der Waals surface area contributed by atoms with Gasteiger partial charge in [-0.1, -0.05) is 26.7 Å². The summed E-state index contributed by atoms with van der Waals surface area (Å²) in [7, 11) is 0. The van der Waals surface area contributed by atoms with E-state index in [0.29, 0.717) is 0 Å². The van der Waals surface area contributed by atoms with Gasteiger partial charge in [0, 0.05) is 11.6 Å². The van der Waals surface area contributed by atoms with Crippen LogP contribution in [0.25, 0.3) is 0 Å². The van der Waals surface area contributed by atoms with Crippen molar-refractivity contribution in [3.05, 3.63) is 29.3 Å². The van der Waals surface area contributed by atoms with Crippen LogP contribution in [0.1, 0.15) is 49.9 Å². The van der Waals surface area contributed by atoms with E-state index in [9.17, 15) is 13.6 Å². The average molecular weight is 297 g/mol. The summed E-state index contributed by atoms with van der Waals surface area (Å²) in [6.07, 6.45) is 4.09. The first-order chi connectivity index (χ1) is 9.85. The Morgan fingerprint density at radius 3 is 2.43 bits per heavy atom. The van der Waals surface area contributed by atoms with Crippen LogP contribution in [0, 0.1) is 17.0 Å². The van der Waals surface area contributed by atoms with E-state index < -0.39 is 23.2 Å². The van der Waals surface area contributed by atoms with Crippen molar-refractivity contribution < 1.29 is 13.6 Å². The Balaban J connectivity index is 2.17. The molecule has 0 heterocycles. The Kier molecular flexibility index (Phi) is 4.46. The summed E-state index contributed by atoms with van der Waals surface area (Å²) >= 11 is 0. The highest BCUT2D eigenvalue weighted by atomic mass is 19.1. The van der Waals surface area contributed by atoms with Crippen molar-refractivity contribution in [2.45, 2.75) is 45.6 Å². The zero-order valence-corrected chi connectivity index (χ0v) is 12.3. The van der Waals surface area contributed by atoms with Gasteiger partial charge in [0.05, 0.1) is 0 Å². The van der Waals surface area contributed by atoms with Crippen LogP contribution in [0.4, 0.5) is 14.5 Å². The van der Waals surface area contributed by atoms with E-state index in [1.807, 2.05) is 5.43 Å². The van der Waals surface area contributed by atoms with E-state index in [4.69, 9.17) is 5.84 Å². The van der Waals surface area contributed by atoms with Crippen molar-refractivity contribution in [2.24, 2.45) is 11.3 Å². The summed E-state index contributed by atoms with van der Waals surface area (Å²) in [5, 5.41) is 2.89. The Morgan fingerprint density at radius 2 is 1.90 bits per heavy atom. The average Bonchev–Trinajstić information content (AvgIpc) is 2.40. The normalized spacial score (nSPS) is 20.9. The minimum Gasteiger partial charge on any atom is -0.349 e. The molecule has 1 aliphatic rings. The minimum absolute atomic E-state index is 0.0102. The van der Waals surface area contributed by atoms with Crippen LogP contribution < -0.4 is 16.6 Å². The lowest BCUT2D eigenvalue weighted by atomic mass is 9.73. The lowest BCUT2D eigenvalue weighted by Crippen LogP contribution is -2.46. The fourth-order valence-corrected chi connectivity index (χ4v) is 2.85. The first kappa shape index (κ1) is 15.7. The number of nitrogens with two attached hydrogens (primary N) is 1. The summed E-state index contributed by atoms with van der Waals surface area (Å²) in [5.41, 5.74) is 1.46. The van der Waals surface area contributed by atoms with E-state index in [1.54, 1.807) is 0 Å². The van der Waals surface area contributed by atoms with Crippen LogP contribution in [-0.4, -0.2) is 11.9 Å². The minimum atomic E-state index is -0.884. The SMILES string of the molecule is CC1(C)CCCCC1NC(=O)c1cc(F)c(NN)c(F)c1. The number of amides is 1. The van der Waals surface area contributed by atoms with Crippen molar-refractivity contribution >= 4 is 11.6 Å². The number of halogens is 2. The third-order valence-electron chi connectivity index (χ3n) is 4.26. The molecule has 1 aromatic carbocycles. The number of carbonyl (C=O) groups excluding carboxylic acids is 1. The van der Waals surface area contributed by atoms with Gasteiger partial charge >= 0.3 is 0 Å². The number of hydrogen-bond acceptors (Lipinski definition) is 3. The van der Waals surface area contributed by atoms with Crippen LogP contribution in [0.5, 0.6) is 0 Å². The van der Waals surface area contributed by atoms with Gasteiger partial charge in [0.25, 0.3) is 5.91 Å². The Bertz CT molecular complexity index is 523. The van der Waals surface area contributed by atoms with Gasteiger partial charge in [-0.3, -0.25) is 10.6 Å². The zero-order valence-electron chi connectivity index (χ0n) is 12.3. The Labute approximate surface area is 123 Å². The quantitative estimate of drug-likeness (QED) is 0.593. The molecule has 116 valence electrons. The van der Waals surface area contributed by atoms with Crippen LogP contribution in [0.3, 0.4) is 0 Å². The van der Waals surface area contributed by atoms with E-state index in [0.717, 1.165) is 37.8 Å². The molecular formula is C15H21F2N3O. The second-order valence-corrected chi connectivity index (χ2v) is 6.22. The topological polar surface area (TPSA) is 67.2 Å². The molecule has 1 aromatic rings. The van der Waals surface area contributed by atoms with E-state index in [-0.39, 0.29) is 17.0 Å². The van der Waals surface area contributed by atoms with Crippen LogP contribution >= 0.6 is 0 Å². The molecule has 2 rings (SSSR count). The molecule has 0 aliphatic heterocycles. The van der Waals surface area contributed by atoms with E-state index in [1.165, 1.54) is 0 Å². The molecule has 4 N–H and O–H groups in total. The summed E-state index contributed by atoms with van der Waals surface area (Å²) < 4.78 is 27.3. The van der Waals surface area contributed by atoms with Crippen molar-refractivity contribution in [1.29, 1.82) is 0 Å². The van der Waals surface area contributed by atoms with E-state index in [2.05, 4.69) is 19.2 Å². The molecule has 0 bridgehead atoms. The molecule has 6 heteroatoms. The maximum absolute atomic E-state index is 13.6. The molecule has 0 aromatic heterocycles. The highest BCUT2D eigenvalue weighted by Crippen LogP contribution is 2.35. The number of hydrogen-bond donors (Lipinski definition) is 3. The number of hydrazine groups is 1. The van der Waals surface area contributed by atoms with E-state index >= 15 is 0 Å². The molecule has 1 unspecified atom stereocenters. The highest BCUT2D eigenvalue weighted by molar-refractivity contribution is 5.94. The molecular weight excluding hydrogens is 276 g/mol. The summed E-state index contributed by atoms with van der Waals surface area (Å²) in [4.78, 5) is 12.2. The summed E-state index contributed by atoms with van der Waals surface area (Å²) in [6.45, 7) is 4.19. The monoisotopic (exact) mass is 297 g/mol. The van der Waals surface area contributed by atoms with Crippen molar-refractivity contribution in [2.75, 3.05) is 5.43 Å². The molecule has 0 spiro atoms. The maximum Gasteiger partial charge on any atom is 0.251 e. The van der Waals surface area contributed by atoms with Gasteiger partial charge in [-0.15, -0.1) is 0 Å².